The van der Waals surface area contributed by atoms with Crippen molar-refractivity contribution < 1.29 is 27.9 Å². The number of nitrogens with zero attached hydrogens (tertiary/aromatic N) is 1. The molecule has 0 fully saturated rings. The van der Waals surface area contributed by atoms with Crippen LogP contribution in [0.15, 0.2) is 12.1 Å². The van der Waals surface area contributed by atoms with E-state index < -0.39 is 46.2 Å². The van der Waals surface area contributed by atoms with Gasteiger partial charge in [-0.25, -0.2) is 13.2 Å². The minimum absolute atomic E-state index is 0.404. The molecule has 0 aromatic heterocycles. The summed E-state index contributed by atoms with van der Waals surface area (Å²) in [6.07, 6.45) is -3.19. The third-order valence-corrected chi connectivity index (χ3v) is 2.66. The number of nitro groups is 1. The minimum atomic E-state index is -3.58. The van der Waals surface area contributed by atoms with Crippen LogP contribution in [0.25, 0.3) is 0 Å². The van der Waals surface area contributed by atoms with Crippen molar-refractivity contribution in [1.82, 2.24) is 0 Å². The van der Waals surface area contributed by atoms with Crippen LogP contribution < -0.4 is 4.74 Å². The molecule has 0 saturated carbocycles. The molecule has 106 valence electrons. The average molecular weight is 279 g/mol. The molecule has 1 rings (SSSR count). The van der Waals surface area contributed by atoms with E-state index in [4.69, 9.17) is 0 Å². The van der Waals surface area contributed by atoms with E-state index in [0.717, 1.165) is 14.0 Å². The number of methoxy groups -OCH3 is 1. The fourth-order valence-corrected chi connectivity index (χ4v) is 1.50. The Hall–Kier alpha value is -1.83. The molecule has 0 aliphatic rings. The molecule has 1 atom stereocenters. The minimum Gasteiger partial charge on any atom is -0.490 e. The van der Waals surface area contributed by atoms with E-state index in [1.54, 1.807) is 0 Å². The third-order valence-electron chi connectivity index (χ3n) is 2.66. The van der Waals surface area contributed by atoms with Crippen LogP contribution in [0, 0.1) is 15.9 Å². The van der Waals surface area contributed by atoms with Gasteiger partial charge < -0.3 is 9.84 Å². The lowest BCUT2D eigenvalue weighted by molar-refractivity contribution is -0.385. The molecule has 8 heteroatoms. The van der Waals surface area contributed by atoms with Crippen molar-refractivity contribution in [3.05, 3.63) is 33.6 Å². The van der Waals surface area contributed by atoms with Crippen molar-refractivity contribution in [1.29, 1.82) is 0 Å². The van der Waals surface area contributed by atoms with Crippen LogP contribution in [0.2, 0.25) is 0 Å². The summed E-state index contributed by atoms with van der Waals surface area (Å²) in [6, 6.07) is 1.16. The van der Waals surface area contributed by atoms with Crippen LogP contribution in [0.5, 0.6) is 5.75 Å². The van der Waals surface area contributed by atoms with Crippen molar-refractivity contribution in [3.8, 4) is 5.75 Å². The number of hydrogen-bond acceptors (Lipinski definition) is 4. The van der Waals surface area contributed by atoms with Crippen LogP contribution in [0.1, 0.15) is 25.0 Å². The van der Waals surface area contributed by atoms with Gasteiger partial charge in [-0.1, -0.05) is 6.92 Å². The second-order valence-electron chi connectivity index (χ2n) is 3.82. The zero-order valence-electron chi connectivity index (χ0n) is 10.2. The lowest BCUT2D eigenvalue weighted by Crippen LogP contribution is -2.26. The fourth-order valence-electron chi connectivity index (χ4n) is 1.50. The Morgan fingerprint density at radius 3 is 2.53 bits per heavy atom. The number of ether oxygens (including phenoxy) is 1. The van der Waals surface area contributed by atoms with Gasteiger partial charge in [0.25, 0.3) is 5.92 Å². The van der Waals surface area contributed by atoms with E-state index in [-0.39, 0.29) is 0 Å². The number of aliphatic hydroxyl groups excluding tert-OH is 1. The Labute approximate surface area is 106 Å². The number of hydrogen-bond donors (Lipinski definition) is 1. The molecule has 0 aliphatic carbocycles. The molecule has 0 radical (unpaired) electrons. The van der Waals surface area contributed by atoms with Crippen molar-refractivity contribution in [2.75, 3.05) is 7.11 Å². The first kappa shape index (κ1) is 15.2. The highest BCUT2D eigenvalue weighted by atomic mass is 19.3. The summed E-state index contributed by atoms with van der Waals surface area (Å²) >= 11 is 0. The molecule has 0 aliphatic heterocycles. The Kier molecular flexibility index (Phi) is 4.35. The maximum atomic E-state index is 13.6. The zero-order chi connectivity index (χ0) is 14.8. The topological polar surface area (TPSA) is 72.6 Å². The van der Waals surface area contributed by atoms with Crippen LogP contribution in [0.3, 0.4) is 0 Å². The summed E-state index contributed by atoms with van der Waals surface area (Å²) in [5, 5.41) is 20.2. The third kappa shape index (κ3) is 2.95. The molecular formula is C11H12F3NO4. The molecular weight excluding hydrogens is 267 g/mol. The molecule has 1 N–H and O–H groups in total. The lowest BCUT2D eigenvalue weighted by atomic mass is 10.00. The second-order valence-corrected chi connectivity index (χ2v) is 3.82. The predicted molar refractivity (Wildman–Crippen MR) is 59.8 cm³/mol. The first-order valence-corrected chi connectivity index (χ1v) is 5.32. The van der Waals surface area contributed by atoms with E-state index in [2.05, 4.69) is 4.74 Å². The second kappa shape index (κ2) is 5.43. The van der Waals surface area contributed by atoms with Gasteiger partial charge in [0.05, 0.1) is 12.0 Å². The van der Waals surface area contributed by atoms with Crippen LogP contribution >= 0.6 is 0 Å². The molecule has 1 aromatic carbocycles. The summed E-state index contributed by atoms with van der Waals surface area (Å²) in [6.45, 7) is 1.11. The van der Waals surface area contributed by atoms with Gasteiger partial charge in [-0.05, 0) is 0 Å². The van der Waals surface area contributed by atoms with Crippen molar-refractivity contribution in [3.63, 3.8) is 0 Å². The van der Waals surface area contributed by atoms with Gasteiger partial charge in [-0.15, -0.1) is 0 Å². The molecule has 0 heterocycles. The molecule has 5 nitrogen and oxygen atoms in total. The van der Waals surface area contributed by atoms with Crippen molar-refractivity contribution in [2.45, 2.75) is 25.4 Å². The molecule has 0 spiro atoms. The lowest BCUT2D eigenvalue weighted by Gasteiger charge is -2.21. The predicted octanol–water partition coefficient (Wildman–Crippen LogP) is 2.82. The van der Waals surface area contributed by atoms with Gasteiger partial charge in [0, 0.05) is 24.1 Å². The van der Waals surface area contributed by atoms with Crippen molar-refractivity contribution >= 4 is 5.69 Å². The Balaban J connectivity index is 3.37. The summed E-state index contributed by atoms with van der Waals surface area (Å²) in [5.74, 6) is -5.18. The highest BCUT2D eigenvalue weighted by Crippen LogP contribution is 2.39. The Morgan fingerprint density at radius 1 is 1.53 bits per heavy atom. The van der Waals surface area contributed by atoms with Gasteiger partial charge in [0.1, 0.15) is 11.9 Å². The maximum absolute atomic E-state index is 13.6. The summed E-state index contributed by atoms with van der Waals surface area (Å²) in [5.41, 5.74) is -1.52. The maximum Gasteiger partial charge on any atom is 0.311 e. The van der Waals surface area contributed by atoms with E-state index in [9.17, 15) is 28.4 Å². The van der Waals surface area contributed by atoms with E-state index in [0.29, 0.717) is 12.1 Å². The average Bonchev–Trinajstić information content (AvgIpc) is 2.37. The highest BCUT2D eigenvalue weighted by molar-refractivity contribution is 5.50. The summed E-state index contributed by atoms with van der Waals surface area (Å²) in [7, 11) is 1.08. The standard InChI is InChI=1S/C11H12F3NO4/c1-3-11(13,14)10(16)6-4-8(15(17)18)9(19-2)5-7(6)12/h4-5,10,16H,3H2,1-2H3/t10-/m1/s1. The monoisotopic (exact) mass is 279 g/mol. The Bertz CT molecular complexity index is 493. The molecule has 0 unspecified atom stereocenters. The number of halogens is 3. The summed E-state index contributed by atoms with van der Waals surface area (Å²) in [4.78, 5) is 9.82. The van der Waals surface area contributed by atoms with E-state index >= 15 is 0 Å². The number of rotatable bonds is 5. The number of benzene rings is 1. The smallest absolute Gasteiger partial charge is 0.311 e. The van der Waals surface area contributed by atoms with Crippen LogP contribution in [0.4, 0.5) is 18.9 Å². The van der Waals surface area contributed by atoms with Gasteiger partial charge >= 0.3 is 5.69 Å². The van der Waals surface area contributed by atoms with Crippen molar-refractivity contribution in [2.24, 2.45) is 0 Å². The summed E-state index contributed by atoms with van der Waals surface area (Å²) < 4.78 is 44.8. The van der Waals surface area contributed by atoms with E-state index in [1.165, 1.54) is 0 Å². The van der Waals surface area contributed by atoms with Gasteiger partial charge in [0.2, 0.25) is 0 Å². The normalized spacial score (nSPS) is 13.2. The van der Waals surface area contributed by atoms with Gasteiger partial charge in [-0.2, -0.15) is 0 Å². The molecule has 19 heavy (non-hydrogen) atoms. The first-order valence-electron chi connectivity index (χ1n) is 5.32. The van der Waals surface area contributed by atoms with Crippen LogP contribution in [-0.2, 0) is 0 Å². The van der Waals surface area contributed by atoms with Gasteiger partial charge in [0.15, 0.2) is 5.75 Å². The highest BCUT2D eigenvalue weighted by Gasteiger charge is 2.40. The largest absolute Gasteiger partial charge is 0.490 e. The van der Waals surface area contributed by atoms with Crippen LogP contribution in [-0.4, -0.2) is 23.1 Å². The quantitative estimate of drug-likeness (QED) is 0.664. The van der Waals surface area contributed by atoms with E-state index in [1.807, 2.05) is 0 Å². The fraction of sp³-hybridized carbons (Fsp3) is 0.455. The molecule has 1 aromatic rings. The SMILES string of the molecule is CCC(F)(F)[C@H](O)c1cc([N+](=O)[O-])c(OC)cc1F. The number of aliphatic hydroxyl groups is 1. The Morgan fingerprint density at radius 2 is 2.11 bits per heavy atom. The molecule has 0 bridgehead atoms. The number of alkyl halides is 2. The first-order chi connectivity index (χ1) is 8.74. The molecule has 0 amide bonds. The number of nitro benzene ring substituents is 1. The van der Waals surface area contributed by atoms with Gasteiger partial charge in [-0.3, -0.25) is 10.1 Å². The zero-order valence-corrected chi connectivity index (χ0v) is 10.2. The molecule has 0 saturated heterocycles.